The Bertz CT molecular complexity index is 447. The molecule has 7 heteroatoms. The molecule has 112 valence electrons. The van der Waals surface area contributed by atoms with Gasteiger partial charge >= 0.3 is 6.18 Å². The number of nitrogens with zero attached hydrogens (tertiary/aromatic N) is 1. The number of halogens is 3. The quantitative estimate of drug-likeness (QED) is 0.499. The number of hydrogen-bond acceptors (Lipinski definition) is 2. The zero-order chi connectivity index (χ0) is 15.0. The minimum atomic E-state index is -4.31. The number of nitrogens with one attached hydrogen (secondary N) is 2. The molecule has 0 aliphatic carbocycles. The molecule has 1 aromatic carbocycles. The zero-order valence-electron chi connectivity index (χ0n) is 11.4. The fraction of sp³-hybridized carbons (Fsp3) is 0.462. The molecule has 0 aromatic heterocycles. The molecule has 3 nitrogen and oxygen atoms in total. The van der Waals surface area contributed by atoms with Gasteiger partial charge in [0.15, 0.2) is 5.96 Å². The standard InChI is InChI=1S/C13H18F3N3S/c1-17-12(18-6-7-20-2)19-9-10-4-3-5-11(8-10)13(14,15)16/h3-5,8H,6-7,9H2,1-2H3,(H2,17,18,19). The van der Waals surface area contributed by atoms with Crippen molar-refractivity contribution >= 4 is 17.7 Å². The van der Waals surface area contributed by atoms with Crippen molar-refractivity contribution in [1.29, 1.82) is 0 Å². The second kappa shape index (κ2) is 8.04. The zero-order valence-corrected chi connectivity index (χ0v) is 12.2. The van der Waals surface area contributed by atoms with Crippen LogP contribution in [-0.4, -0.2) is 31.6 Å². The molecule has 0 bridgehead atoms. The maximum Gasteiger partial charge on any atom is 0.416 e. The third-order valence-corrected chi connectivity index (χ3v) is 3.15. The molecule has 0 saturated carbocycles. The summed E-state index contributed by atoms with van der Waals surface area (Å²) in [6.07, 6.45) is -2.31. The summed E-state index contributed by atoms with van der Waals surface area (Å²) in [7, 11) is 1.63. The molecule has 2 N–H and O–H groups in total. The molecule has 1 rings (SSSR count). The van der Waals surface area contributed by atoms with E-state index in [-0.39, 0.29) is 0 Å². The Morgan fingerprint density at radius 3 is 2.65 bits per heavy atom. The van der Waals surface area contributed by atoms with Crippen LogP contribution in [-0.2, 0) is 12.7 Å². The van der Waals surface area contributed by atoms with Crippen LogP contribution >= 0.6 is 11.8 Å². The van der Waals surface area contributed by atoms with Gasteiger partial charge in [-0.25, -0.2) is 0 Å². The van der Waals surface area contributed by atoms with Gasteiger partial charge < -0.3 is 10.6 Å². The van der Waals surface area contributed by atoms with Gasteiger partial charge in [-0.2, -0.15) is 24.9 Å². The first kappa shape index (κ1) is 16.7. The molecule has 0 heterocycles. The highest BCUT2D eigenvalue weighted by molar-refractivity contribution is 7.98. The van der Waals surface area contributed by atoms with Gasteiger partial charge in [0.05, 0.1) is 5.56 Å². The normalized spacial score (nSPS) is 12.3. The molecular formula is C13H18F3N3S. The van der Waals surface area contributed by atoms with Crippen LogP contribution in [0.25, 0.3) is 0 Å². The maximum atomic E-state index is 12.6. The topological polar surface area (TPSA) is 36.4 Å². The van der Waals surface area contributed by atoms with Crippen LogP contribution in [0.3, 0.4) is 0 Å². The van der Waals surface area contributed by atoms with Crippen LogP contribution in [0, 0.1) is 0 Å². The summed E-state index contributed by atoms with van der Waals surface area (Å²) in [5, 5.41) is 6.07. The minimum absolute atomic E-state index is 0.295. The Balaban J connectivity index is 2.56. The van der Waals surface area contributed by atoms with Gasteiger partial charge in [0.25, 0.3) is 0 Å². The molecule has 0 spiro atoms. The maximum absolute atomic E-state index is 12.6. The number of thioether (sulfide) groups is 1. The lowest BCUT2D eigenvalue weighted by molar-refractivity contribution is -0.137. The molecule has 0 aliphatic heterocycles. The smallest absolute Gasteiger partial charge is 0.356 e. The van der Waals surface area contributed by atoms with Gasteiger partial charge in [0, 0.05) is 25.9 Å². The fourth-order valence-corrected chi connectivity index (χ4v) is 1.84. The summed E-state index contributed by atoms with van der Waals surface area (Å²) in [5.74, 6) is 1.51. The first-order valence-corrected chi connectivity index (χ1v) is 7.46. The Kier molecular flexibility index (Phi) is 6.70. The number of benzene rings is 1. The van der Waals surface area contributed by atoms with Crippen LogP contribution in [0.15, 0.2) is 29.3 Å². The summed E-state index contributed by atoms with van der Waals surface area (Å²) < 4.78 is 37.7. The van der Waals surface area contributed by atoms with Crippen LogP contribution in [0.4, 0.5) is 13.2 Å². The largest absolute Gasteiger partial charge is 0.416 e. The van der Waals surface area contributed by atoms with Gasteiger partial charge in [-0.15, -0.1) is 0 Å². The monoisotopic (exact) mass is 305 g/mol. The van der Waals surface area contributed by atoms with Crippen molar-refractivity contribution in [3.63, 3.8) is 0 Å². The van der Waals surface area contributed by atoms with Crippen LogP contribution in [0.2, 0.25) is 0 Å². The van der Waals surface area contributed by atoms with Gasteiger partial charge in [0.2, 0.25) is 0 Å². The summed E-state index contributed by atoms with van der Waals surface area (Å²) in [6.45, 7) is 1.05. The first-order valence-electron chi connectivity index (χ1n) is 6.07. The van der Waals surface area contributed by atoms with Crippen LogP contribution < -0.4 is 10.6 Å². The SMILES string of the molecule is CN=C(NCCSC)NCc1cccc(C(F)(F)F)c1. The van der Waals surface area contributed by atoms with Gasteiger partial charge in [-0.3, -0.25) is 4.99 Å². The highest BCUT2D eigenvalue weighted by Gasteiger charge is 2.30. The Morgan fingerprint density at radius 1 is 1.30 bits per heavy atom. The van der Waals surface area contributed by atoms with Crippen molar-refractivity contribution in [2.24, 2.45) is 4.99 Å². The molecule has 1 aromatic rings. The Labute approximate surface area is 121 Å². The second-order valence-corrected chi connectivity index (χ2v) is 5.03. The molecule has 0 amide bonds. The number of rotatable bonds is 5. The van der Waals surface area contributed by atoms with Crippen molar-refractivity contribution in [3.05, 3.63) is 35.4 Å². The average Bonchev–Trinajstić information content (AvgIpc) is 2.42. The predicted octanol–water partition coefficient (Wildman–Crippen LogP) is 2.73. The molecule has 20 heavy (non-hydrogen) atoms. The van der Waals surface area contributed by atoms with Crippen LogP contribution in [0.5, 0.6) is 0 Å². The van der Waals surface area contributed by atoms with E-state index < -0.39 is 11.7 Å². The minimum Gasteiger partial charge on any atom is -0.356 e. The lowest BCUT2D eigenvalue weighted by Gasteiger charge is -2.12. The summed E-state index contributed by atoms with van der Waals surface area (Å²) in [6, 6.07) is 5.26. The third-order valence-electron chi connectivity index (χ3n) is 2.54. The third kappa shape index (κ3) is 5.73. The summed E-state index contributed by atoms with van der Waals surface area (Å²) >= 11 is 1.70. The van der Waals surface area contributed by atoms with E-state index in [0.717, 1.165) is 24.4 Å². The highest BCUT2D eigenvalue weighted by atomic mass is 32.2. The van der Waals surface area contributed by atoms with Crippen LogP contribution in [0.1, 0.15) is 11.1 Å². The molecule has 0 unspecified atom stereocenters. The number of alkyl halides is 3. The predicted molar refractivity (Wildman–Crippen MR) is 78.0 cm³/mol. The lowest BCUT2D eigenvalue weighted by Crippen LogP contribution is -2.37. The number of guanidine groups is 1. The van der Waals surface area contributed by atoms with E-state index in [1.165, 1.54) is 6.07 Å². The van der Waals surface area contributed by atoms with E-state index >= 15 is 0 Å². The fourth-order valence-electron chi connectivity index (χ4n) is 1.54. The second-order valence-electron chi connectivity index (χ2n) is 4.04. The van der Waals surface area contributed by atoms with Gasteiger partial charge in [0.1, 0.15) is 0 Å². The van der Waals surface area contributed by atoms with Gasteiger partial charge in [-0.1, -0.05) is 12.1 Å². The Hall–Kier alpha value is -1.37. The van der Waals surface area contributed by atoms with E-state index in [0.29, 0.717) is 18.1 Å². The number of aliphatic imine (C=N–C) groups is 1. The van der Waals surface area contributed by atoms with Crippen molar-refractivity contribution in [2.45, 2.75) is 12.7 Å². The van der Waals surface area contributed by atoms with Gasteiger partial charge in [-0.05, 0) is 24.0 Å². The number of hydrogen-bond donors (Lipinski definition) is 2. The van der Waals surface area contributed by atoms with Crippen molar-refractivity contribution < 1.29 is 13.2 Å². The van der Waals surface area contributed by atoms with E-state index in [1.807, 2.05) is 6.26 Å². The average molecular weight is 305 g/mol. The summed E-state index contributed by atoms with van der Waals surface area (Å²) in [4.78, 5) is 4.01. The van der Waals surface area contributed by atoms with E-state index in [4.69, 9.17) is 0 Å². The molecule has 0 atom stereocenters. The molecule has 0 radical (unpaired) electrons. The first-order chi connectivity index (χ1) is 9.47. The Morgan fingerprint density at radius 2 is 2.05 bits per heavy atom. The lowest BCUT2D eigenvalue weighted by atomic mass is 10.1. The van der Waals surface area contributed by atoms with E-state index in [2.05, 4.69) is 15.6 Å². The molecule has 0 aliphatic rings. The molecule has 0 fully saturated rings. The highest BCUT2D eigenvalue weighted by Crippen LogP contribution is 2.29. The van der Waals surface area contributed by atoms with Crippen molar-refractivity contribution in [2.75, 3.05) is 25.6 Å². The van der Waals surface area contributed by atoms with Crippen molar-refractivity contribution in [3.8, 4) is 0 Å². The molecular weight excluding hydrogens is 287 g/mol. The molecule has 0 saturated heterocycles. The summed E-state index contributed by atoms with van der Waals surface area (Å²) in [5.41, 5.74) is -0.0743. The van der Waals surface area contributed by atoms with E-state index in [9.17, 15) is 13.2 Å². The van der Waals surface area contributed by atoms with Crippen molar-refractivity contribution in [1.82, 2.24) is 10.6 Å². The van der Waals surface area contributed by atoms with E-state index in [1.54, 1.807) is 24.9 Å².